The summed E-state index contributed by atoms with van der Waals surface area (Å²) in [5, 5.41) is 11.0. The highest BCUT2D eigenvalue weighted by atomic mass is 16.4. The topological polar surface area (TPSA) is 86.7 Å². The van der Waals surface area contributed by atoms with Gasteiger partial charge < -0.3 is 10.4 Å². The Bertz CT molecular complexity index is 527. The average Bonchev–Trinajstić information content (AvgIpc) is 2.55. The van der Waals surface area contributed by atoms with Crippen LogP contribution in [0.3, 0.4) is 0 Å². The van der Waals surface area contributed by atoms with Gasteiger partial charge >= 0.3 is 12.0 Å². The number of amides is 3. The van der Waals surface area contributed by atoms with Crippen LogP contribution in [0.4, 0.5) is 10.5 Å². The lowest BCUT2D eigenvalue weighted by Crippen LogP contribution is -2.32. The Hall–Kier alpha value is -2.37. The van der Waals surface area contributed by atoms with Crippen LogP contribution in [-0.4, -0.2) is 29.1 Å². The van der Waals surface area contributed by atoms with Crippen molar-refractivity contribution < 1.29 is 19.5 Å². The van der Waals surface area contributed by atoms with Crippen molar-refractivity contribution in [2.75, 3.05) is 4.90 Å². The van der Waals surface area contributed by atoms with Crippen molar-refractivity contribution in [3.63, 3.8) is 0 Å². The van der Waals surface area contributed by atoms with Gasteiger partial charge in [0, 0.05) is 0 Å². The molecule has 1 saturated heterocycles. The quantitative estimate of drug-likeness (QED) is 0.778. The van der Waals surface area contributed by atoms with E-state index in [9.17, 15) is 14.4 Å². The van der Waals surface area contributed by atoms with Gasteiger partial charge in [-0.15, -0.1) is 0 Å². The molecule has 0 spiro atoms. The maximum Gasteiger partial charge on any atom is 0.329 e. The molecule has 1 aromatic rings. The van der Waals surface area contributed by atoms with Crippen molar-refractivity contribution >= 4 is 23.6 Å². The number of carbonyl (C=O) groups excluding carboxylic acids is 2. The molecule has 0 saturated carbocycles. The van der Waals surface area contributed by atoms with Crippen molar-refractivity contribution in [1.29, 1.82) is 0 Å². The van der Waals surface area contributed by atoms with Gasteiger partial charge in [0.1, 0.15) is 6.04 Å². The number of aliphatic carboxylic acids is 1. The van der Waals surface area contributed by atoms with Gasteiger partial charge in [0.05, 0.1) is 12.1 Å². The number of urea groups is 1. The van der Waals surface area contributed by atoms with Crippen LogP contribution < -0.4 is 10.2 Å². The van der Waals surface area contributed by atoms with Gasteiger partial charge in [-0.05, 0) is 18.6 Å². The molecular formula is C12H12N2O4. The van der Waals surface area contributed by atoms with E-state index >= 15 is 0 Å². The van der Waals surface area contributed by atoms with Crippen molar-refractivity contribution in [1.82, 2.24) is 5.32 Å². The van der Waals surface area contributed by atoms with Crippen molar-refractivity contribution in [2.24, 2.45) is 0 Å². The normalized spacial score (nSPS) is 18.9. The van der Waals surface area contributed by atoms with Crippen LogP contribution in [0.15, 0.2) is 24.3 Å². The number of hydrogen-bond acceptors (Lipinski definition) is 3. The predicted octanol–water partition coefficient (Wildman–Crippen LogP) is 0.895. The number of carboxylic acids is 1. The Morgan fingerprint density at radius 2 is 2.06 bits per heavy atom. The second kappa shape index (κ2) is 4.48. The van der Waals surface area contributed by atoms with E-state index in [0.717, 1.165) is 10.5 Å². The van der Waals surface area contributed by atoms with Gasteiger partial charge in [-0.2, -0.15) is 0 Å². The largest absolute Gasteiger partial charge is 0.481 e. The molecule has 1 aromatic carbocycles. The molecule has 0 radical (unpaired) electrons. The van der Waals surface area contributed by atoms with Crippen LogP contribution in [0.25, 0.3) is 0 Å². The number of benzene rings is 1. The minimum absolute atomic E-state index is 0.410. The van der Waals surface area contributed by atoms with Gasteiger partial charge in [-0.1, -0.05) is 18.2 Å². The molecular weight excluding hydrogens is 236 g/mol. The molecule has 0 aliphatic carbocycles. The van der Waals surface area contributed by atoms with E-state index < -0.39 is 30.4 Å². The highest BCUT2D eigenvalue weighted by Gasteiger charge is 2.40. The molecule has 0 aromatic heterocycles. The molecule has 3 amide bonds. The maximum atomic E-state index is 12.0. The lowest BCUT2D eigenvalue weighted by molar-refractivity contribution is -0.139. The van der Waals surface area contributed by atoms with E-state index in [4.69, 9.17) is 5.11 Å². The number of carboxylic acid groups (broad SMARTS) is 1. The van der Waals surface area contributed by atoms with Crippen LogP contribution in [-0.2, 0) is 9.59 Å². The fourth-order valence-corrected chi connectivity index (χ4v) is 1.89. The van der Waals surface area contributed by atoms with Crippen molar-refractivity contribution in [3.05, 3.63) is 29.8 Å². The summed E-state index contributed by atoms with van der Waals surface area (Å²) in [4.78, 5) is 35.3. The molecule has 1 aliphatic rings. The number of imide groups is 1. The first-order chi connectivity index (χ1) is 8.50. The Balaban J connectivity index is 2.30. The molecule has 18 heavy (non-hydrogen) atoms. The van der Waals surface area contributed by atoms with Crippen molar-refractivity contribution in [3.8, 4) is 0 Å². The predicted molar refractivity (Wildman–Crippen MR) is 63.2 cm³/mol. The minimum atomic E-state index is -1.12. The Morgan fingerprint density at radius 1 is 1.39 bits per heavy atom. The van der Waals surface area contributed by atoms with E-state index in [0.29, 0.717) is 5.69 Å². The molecule has 1 atom stereocenters. The molecule has 1 fully saturated rings. The third kappa shape index (κ3) is 2.04. The number of nitrogens with zero attached hydrogens (tertiary/aromatic N) is 1. The second-order valence-corrected chi connectivity index (χ2v) is 4.06. The van der Waals surface area contributed by atoms with Crippen molar-refractivity contribution in [2.45, 2.75) is 19.4 Å². The second-order valence-electron chi connectivity index (χ2n) is 4.06. The van der Waals surface area contributed by atoms with Crippen LogP contribution in [0, 0.1) is 6.92 Å². The zero-order valence-corrected chi connectivity index (χ0v) is 9.71. The van der Waals surface area contributed by atoms with Crippen LogP contribution in [0.1, 0.15) is 12.0 Å². The van der Waals surface area contributed by atoms with E-state index in [1.807, 2.05) is 0 Å². The Kier molecular flexibility index (Phi) is 3.01. The van der Waals surface area contributed by atoms with Gasteiger partial charge in [-0.3, -0.25) is 9.59 Å². The molecule has 6 nitrogen and oxygen atoms in total. The molecule has 6 heteroatoms. The van der Waals surface area contributed by atoms with Gasteiger partial charge in [0.2, 0.25) is 0 Å². The molecule has 0 bridgehead atoms. The van der Waals surface area contributed by atoms with E-state index in [1.165, 1.54) is 0 Å². The summed E-state index contributed by atoms with van der Waals surface area (Å²) in [5.41, 5.74) is 1.25. The summed E-state index contributed by atoms with van der Waals surface area (Å²) in [6.07, 6.45) is -0.410. The number of hydrogen-bond donors (Lipinski definition) is 2. The number of rotatable bonds is 3. The fraction of sp³-hybridized carbons (Fsp3) is 0.250. The first kappa shape index (κ1) is 12.1. The molecule has 1 aliphatic heterocycles. The number of para-hydroxylation sites is 1. The summed E-state index contributed by atoms with van der Waals surface area (Å²) in [6.45, 7) is 1.78. The molecule has 2 rings (SSSR count). The first-order valence-electron chi connectivity index (χ1n) is 5.42. The molecule has 94 valence electrons. The zero-order valence-electron chi connectivity index (χ0n) is 9.71. The minimum Gasteiger partial charge on any atom is -0.481 e. The Morgan fingerprint density at radius 3 is 2.67 bits per heavy atom. The van der Waals surface area contributed by atoms with Crippen LogP contribution >= 0.6 is 0 Å². The number of aryl methyl sites for hydroxylation is 1. The molecule has 2 N–H and O–H groups in total. The standard InChI is InChI=1S/C12H12N2O4/c1-7-4-2-3-5-9(7)14-11(17)8(6-10(15)16)13-12(14)18/h2-5,8H,6H2,1H3,(H,13,18)(H,15,16). The summed E-state index contributed by atoms with van der Waals surface area (Å²) in [6, 6.07) is 5.37. The highest BCUT2D eigenvalue weighted by molar-refractivity contribution is 6.22. The molecule has 1 unspecified atom stereocenters. The van der Waals surface area contributed by atoms with Crippen LogP contribution in [0.2, 0.25) is 0 Å². The lowest BCUT2D eigenvalue weighted by Gasteiger charge is -2.15. The summed E-state index contributed by atoms with van der Waals surface area (Å²) in [7, 11) is 0. The average molecular weight is 248 g/mol. The fourth-order valence-electron chi connectivity index (χ4n) is 1.89. The maximum absolute atomic E-state index is 12.0. The third-order valence-electron chi connectivity index (χ3n) is 2.75. The lowest BCUT2D eigenvalue weighted by atomic mass is 10.1. The number of anilines is 1. The van der Waals surface area contributed by atoms with Gasteiger partial charge in [-0.25, -0.2) is 9.69 Å². The summed E-state index contributed by atoms with van der Waals surface area (Å²) < 4.78 is 0. The highest BCUT2D eigenvalue weighted by Crippen LogP contribution is 2.23. The first-order valence-corrected chi connectivity index (χ1v) is 5.42. The Labute approximate surface area is 103 Å². The zero-order chi connectivity index (χ0) is 13.3. The smallest absolute Gasteiger partial charge is 0.329 e. The number of nitrogens with one attached hydrogen (secondary N) is 1. The number of carbonyl (C=O) groups is 3. The SMILES string of the molecule is Cc1ccccc1N1C(=O)NC(CC(=O)O)C1=O. The van der Waals surface area contributed by atoms with E-state index in [2.05, 4.69) is 5.32 Å². The third-order valence-corrected chi connectivity index (χ3v) is 2.75. The van der Waals surface area contributed by atoms with E-state index in [1.54, 1.807) is 31.2 Å². The summed E-state index contributed by atoms with van der Waals surface area (Å²) in [5.74, 6) is -1.66. The molecule has 1 heterocycles. The van der Waals surface area contributed by atoms with Crippen LogP contribution in [0.5, 0.6) is 0 Å². The van der Waals surface area contributed by atoms with Gasteiger partial charge in [0.25, 0.3) is 5.91 Å². The van der Waals surface area contributed by atoms with E-state index in [-0.39, 0.29) is 0 Å². The van der Waals surface area contributed by atoms with Gasteiger partial charge in [0.15, 0.2) is 0 Å². The summed E-state index contributed by atoms with van der Waals surface area (Å²) >= 11 is 0. The monoisotopic (exact) mass is 248 g/mol.